The maximum Gasteiger partial charge on any atom is 0.569 e. The minimum absolute atomic E-state index is 0.614. The lowest BCUT2D eigenvalue weighted by Crippen LogP contribution is -2.74. The average Bonchev–Trinajstić information content (AvgIpc) is 2.78. The van der Waals surface area contributed by atoms with Crippen molar-refractivity contribution in [3.8, 4) is 5.75 Å². The highest BCUT2D eigenvalue weighted by Gasteiger charge is 2.41. The van der Waals surface area contributed by atoms with E-state index in [0.717, 1.165) is 0 Å². The van der Waals surface area contributed by atoms with Crippen LogP contribution in [-0.4, -0.2) is 20.8 Å². The molecule has 0 amide bonds. The van der Waals surface area contributed by atoms with E-state index in [1.807, 2.05) is 12.1 Å². The van der Waals surface area contributed by atoms with Crippen molar-refractivity contribution in [3.05, 3.63) is 115 Å². The molecule has 0 aromatic heterocycles. The van der Waals surface area contributed by atoms with Crippen LogP contribution in [-0.2, 0) is 0 Å². The zero-order chi connectivity index (χ0) is 19.2. The molecule has 0 heterocycles. The molecule has 4 aromatic carbocycles. The van der Waals surface area contributed by atoms with Gasteiger partial charge < -0.3 is 9.68 Å². The molecule has 2 nitrogen and oxygen atoms in total. The largest absolute Gasteiger partial charge is 0.569 e. The lowest BCUT2D eigenvalue weighted by atomic mass is 10.3. The normalized spacial score (nSPS) is 11.0. The first-order valence-corrected chi connectivity index (χ1v) is 11.3. The van der Waals surface area contributed by atoms with Crippen LogP contribution in [0.1, 0.15) is 0 Å². The molecule has 0 atom stereocenters. The fourth-order valence-electron chi connectivity index (χ4n) is 3.91. The van der Waals surface area contributed by atoms with Gasteiger partial charge in [0.1, 0.15) is 0 Å². The van der Waals surface area contributed by atoms with E-state index in [1.165, 1.54) is 20.7 Å². The van der Waals surface area contributed by atoms with Crippen molar-refractivity contribution in [1.82, 2.24) is 0 Å². The van der Waals surface area contributed by atoms with Gasteiger partial charge in [-0.05, 0) is 32.9 Å². The summed E-state index contributed by atoms with van der Waals surface area (Å²) in [5.41, 5.74) is 0. The van der Waals surface area contributed by atoms with Gasteiger partial charge >= 0.3 is 7.69 Å². The Labute approximate surface area is 167 Å². The Hall–Kier alpha value is -3.08. The van der Waals surface area contributed by atoms with Gasteiger partial charge in [0, 0.05) is 0 Å². The molecule has 0 spiro atoms. The van der Waals surface area contributed by atoms with Gasteiger partial charge in [-0.1, -0.05) is 103 Å². The molecule has 1 N–H and O–H groups in total. The molecule has 0 saturated heterocycles. The van der Waals surface area contributed by atoms with E-state index in [0.29, 0.717) is 13.4 Å². The van der Waals surface area contributed by atoms with Crippen LogP contribution in [0.5, 0.6) is 5.75 Å². The molecule has 0 unspecified atom stereocenters. The third kappa shape index (κ3) is 3.28. The maximum atomic E-state index is 8.94. The van der Waals surface area contributed by atoms with Crippen molar-refractivity contribution >= 4 is 36.5 Å². The Morgan fingerprint density at radius 2 is 0.857 bits per heavy atom. The molecule has 4 aromatic rings. The first kappa shape index (κ1) is 18.3. The summed E-state index contributed by atoms with van der Waals surface area (Å²) < 4.78 is 5.14. The van der Waals surface area contributed by atoms with E-state index >= 15 is 0 Å². The van der Waals surface area contributed by atoms with Crippen LogP contribution in [0, 0.1) is 0 Å². The number of benzene rings is 4. The molecular formula is C24H20BO2Si. The lowest BCUT2D eigenvalue weighted by molar-refractivity contribution is 0.454. The van der Waals surface area contributed by atoms with E-state index in [2.05, 4.69) is 103 Å². The van der Waals surface area contributed by atoms with Crippen LogP contribution in [0.4, 0.5) is 0 Å². The van der Waals surface area contributed by atoms with E-state index in [1.54, 1.807) is 0 Å². The van der Waals surface area contributed by atoms with Crippen LogP contribution in [0.2, 0.25) is 0 Å². The molecular weight excluding hydrogens is 359 g/mol. The minimum Gasteiger partial charge on any atom is -0.537 e. The van der Waals surface area contributed by atoms with Gasteiger partial charge in [0.15, 0.2) is 8.07 Å². The van der Waals surface area contributed by atoms with Gasteiger partial charge in [0.05, 0.1) is 5.75 Å². The first-order valence-electron chi connectivity index (χ1n) is 9.25. The third-order valence-corrected chi connectivity index (χ3v) is 9.89. The van der Waals surface area contributed by atoms with Gasteiger partial charge in [-0.2, -0.15) is 0 Å². The van der Waals surface area contributed by atoms with Gasteiger partial charge in [-0.15, -0.1) is 0 Å². The Morgan fingerprint density at radius 3 is 1.21 bits per heavy atom. The summed E-state index contributed by atoms with van der Waals surface area (Å²) in [4.78, 5) is 0. The molecule has 4 rings (SSSR count). The molecule has 0 bridgehead atoms. The van der Waals surface area contributed by atoms with Crippen molar-refractivity contribution in [1.29, 1.82) is 0 Å². The fraction of sp³-hybridized carbons (Fsp3) is 0. The lowest BCUT2D eigenvalue weighted by Gasteiger charge is -2.34. The van der Waals surface area contributed by atoms with Gasteiger partial charge in [0.2, 0.25) is 0 Å². The van der Waals surface area contributed by atoms with Crippen molar-refractivity contribution in [2.24, 2.45) is 0 Å². The Balaban J connectivity index is 2.04. The van der Waals surface area contributed by atoms with Gasteiger partial charge in [0.25, 0.3) is 0 Å². The molecule has 28 heavy (non-hydrogen) atoms. The molecule has 4 heteroatoms. The SMILES string of the molecule is O[B]Oc1ccc([Si](c2ccccc2)(c2ccccc2)c2ccccc2)cc1. The number of hydrogen-bond donors (Lipinski definition) is 1. The average molecular weight is 379 g/mol. The summed E-state index contributed by atoms with van der Waals surface area (Å²) in [6.45, 7) is 0. The zero-order valence-corrected chi connectivity index (χ0v) is 16.4. The Kier molecular flexibility index (Phi) is 5.42. The van der Waals surface area contributed by atoms with E-state index in [9.17, 15) is 0 Å². The molecule has 0 aliphatic carbocycles. The third-order valence-electron chi connectivity index (χ3n) is 5.10. The predicted octanol–water partition coefficient (Wildman–Crippen LogP) is 1.97. The van der Waals surface area contributed by atoms with Crippen LogP contribution >= 0.6 is 0 Å². The van der Waals surface area contributed by atoms with Crippen LogP contribution < -0.4 is 25.4 Å². The van der Waals surface area contributed by atoms with Crippen LogP contribution in [0.15, 0.2) is 115 Å². The minimum atomic E-state index is -2.47. The second kappa shape index (κ2) is 8.30. The summed E-state index contributed by atoms with van der Waals surface area (Å²) in [5.74, 6) is 0.614. The zero-order valence-electron chi connectivity index (χ0n) is 15.4. The molecule has 0 fully saturated rings. The molecule has 0 saturated carbocycles. The molecule has 0 aliphatic heterocycles. The van der Waals surface area contributed by atoms with E-state index in [4.69, 9.17) is 9.68 Å². The quantitative estimate of drug-likeness (QED) is 0.410. The highest BCUT2D eigenvalue weighted by atomic mass is 28.3. The van der Waals surface area contributed by atoms with Crippen molar-refractivity contribution in [3.63, 3.8) is 0 Å². The van der Waals surface area contributed by atoms with E-state index < -0.39 is 8.07 Å². The van der Waals surface area contributed by atoms with Crippen LogP contribution in [0.25, 0.3) is 0 Å². The summed E-state index contributed by atoms with van der Waals surface area (Å²) in [6.07, 6.45) is 0. The predicted molar refractivity (Wildman–Crippen MR) is 119 cm³/mol. The summed E-state index contributed by atoms with van der Waals surface area (Å²) >= 11 is 0. The van der Waals surface area contributed by atoms with Crippen molar-refractivity contribution in [2.75, 3.05) is 0 Å². The monoisotopic (exact) mass is 379 g/mol. The highest BCUT2D eigenvalue weighted by Crippen LogP contribution is 2.13. The Morgan fingerprint density at radius 1 is 0.500 bits per heavy atom. The maximum absolute atomic E-state index is 8.94. The Bertz CT molecular complexity index is 910. The topological polar surface area (TPSA) is 29.5 Å². The van der Waals surface area contributed by atoms with Gasteiger partial charge in [-0.3, -0.25) is 0 Å². The standard InChI is InChI=1S/C24H20BO2Si/c26-25-27-20-16-18-24(19-17-20)28(21-10-4-1-5-11-21,22-12-6-2-7-13-22)23-14-8-3-9-15-23/h1-19,26H. The number of rotatable bonds is 6. The summed E-state index contributed by atoms with van der Waals surface area (Å²) in [5, 5.41) is 14.2. The molecule has 0 aliphatic rings. The first-order chi connectivity index (χ1) is 13.9. The number of hydrogen-bond acceptors (Lipinski definition) is 2. The summed E-state index contributed by atoms with van der Waals surface area (Å²) in [6, 6.07) is 40.3. The second-order valence-corrected chi connectivity index (χ2v) is 10.4. The van der Waals surface area contributed by atoms with Crippen molar-refractivity contribution < 1.29 is 9.68 Å². The summed E-state index contributed by atoms with van der Waals surface area (Å²) in [7, 11) is -1.76. The highest BCUT2D eigenvalue weighted by molar-refractivity contribution is 7.19. The fourth-order valence-corrected chi connectivity index (χ4v) is 8.65. The van der Waals surface area contributed by atoms with Crippen molar-refractivity contribution in [2.45, 2.75) is 0 Å². The van der Waals surface area contributed by atoms with Crippen LogP contribution in [0.3, 0.4) is 0 Å². The molecule has 1 radical (unpaired) electrons. The van der Waals surface area contributed by atoms with E-state index in [-0.39, 0.29) is 0 Å². The molecule has 135 valence electrons. The van der Waals surface area contributed by atoms with Gasteiger partial charge in [-0.25, -0.2) is 0 Å². The smallest absolute Gasteiger partial charge is 0.537 e. The second-order valence-electron chi connectivity index (χ2n) is 6.60.